The molecule has 0 radical (unpaired) electrons. The lowest BCUT2D eigenvalue weighted by atomic mass is 10.2. The van der Waals surface area contributed by atoms with Gasteiger partial charge in [-0.2, -0.15) is 18.3 Å². The van der Waals surface area contributed by atoms with Gasteiger partial charge >= 0.3 is 6.18 Å². The number of carbonyl (C=O) groups is 1. The number of aromatic amines is 1. The van der Waals surface area contributed by atoms with Crippen molar-refractivity contribution in [1.82, 2.24) is 29.7 Å². The highest BCUT2D eigenvalue weighted by Crippen LogP contribution is 2.25. The number of H-pyrrole nitrogens is 1. The number of anilines is 2. The lowest BCUT2D eigenvalue weighted by molar-refractivity contribution is -0.115. The van der Waals surface area contributed by atoms with E-state index in [-0.39, 0.29) is 17.9 Å². The summed E-state index contributed by atoms with van der Waals surface area (Å²) in [6.07, 6.45) is 1.71. The summed E-state index contributed by atoms with van der Waals surface area (Å²) in [6.45, 7) is 2.69. The Hall–Kier alpha value is -3.96. The number of alkyl halides is 3. The summed E-state index contributed by atoms with van der Waals surface area (Å²) < 4.78 is 38.9. The molecule has 32 heavy (non-hydrogen) atoms. The van der Waals surface area contributed by atoms with E-state index in [2.05, 4.69) is 35.7 Å². The number of nitrogens with one attached hydrogen (secondary N) is 3. The van der Waals surface area contributed by atoms with Gasteiger partial charge in [0, 0.05) is 36.1 Å². The van der Waals surface area contributed by atoms with Crippen LogP contribution >= 0.6 is 0 Å². The van der Waals surface area contributed by atoms with Gasteiger partial charge in [-0.15, -0.1) is 0 Å². The molecule has 4 heterocycles. The summed E-state index contributed by atoms with van der Waals surface area (Å²) in [5.74, 6) is -0.137. The number of aromatic nitrogens is 6. The molecule has 1 amide bonds. The van der Waals surface area contributed by atoms with Gasteiger partial charge in [0.25, 0.3) is 5.91 Å². The van der Waals surface area contributed by atoms with Crippen LogP contribution in [0.2, 0.25) is 0 Å². The molecule has 4 aromatic rings. The quantitative estimate of drug-likeness (QED) is 0.414. The normalized spacial score (nSPS) is 11.8. The Kier molecular flexibility index (Phi) is 5.51. The second-order valence-corrected chi connectivity index (χ2v) is 7.33. The highest BCUT2D eigenvalue weighted by molar-refractivity contribution is 6.04. The van der Waals surface area contributed by atoms with Gasteiger partial charge in [0.2, 0.25) is 5.95 Å². The molecule has 0 aliphatic carbocycles. The van der Waals surface area contributed by atoms with Crippen molar-refractivity contribution >= 4 is 28.6 Å². The fraction of sp³-hybridized carbons (Fsp3) is 0.250. The van der Waals surface area contributed by atoms with Crippen LogP contribution in [0.3, 0.4) is 0 Å². The van der Waals surface area contributed by atoms with E-state index in [1.54, 1.807) is 35.3 Å². The van der Waals surface area contributed by atoms with E-state index in [1.807, 2.05) is 13.8 Å². The second kappa shape index (κ2) is 8.29. The Balaban J connectivity index is 1.52. The molecule has 0 spiro atoms. The van der Waals surface area contributed by atoms with Crippen LogP contribution in [0.15, 0.2) is 43.0 Å². The largest absolute Gasteiger partial charge is 0.405 e. The Bertz CT molecular complexity index is 1260. The highest BCUT2D eigenvalue weighted by Gasteiger charge is 2.27. The zero-order chi connectivity index (χ0) is 22.9. The summed E-state index contributed by atoms with van der Waals surface area (Å²) in [7, 11) is 0. The van der Waals surface area contributed by atoms with Crippen molar-refractivity contribution < 1.29 is 18.0 Å². The summed E-state index contributed by atoms with van der Waals surface area (Å²) in [5, 5.41) is 9.77. The molecule has 0 atom stereocenters. The molecule has 12 heteroatoms. The topological polar surface area (TPSA) is 113 Å². The molecule has 4 rings (SSSR count). The SMILES string of the molecule is CC(C)n1cc(C(=O)Nc2cc3[nH]c(-c4ccnc(NCC(F)(F)F)n4)cc3cn2)cn1. The molecule has 0 unspecified atom stereocenters. The molecule has 4 aromatic heterocycles. The molecular weight excluding hydrogens is 425 g/mol. The minimum atomic E-state index is -4.37. The van der Waals surface area contributed by atoms with E-state index < -0.39 is 12.7 Å². The zero-order valence-electron chi connectivity index (χ0n) is 17.1. The monoisotopic (exact) mass is 444 g/mol. The van der Waals surface area contributed by atoms with Gasteiger partial charge in [-0.1, -0.05) is 0 Å². The zero-order valence-corrected chi connectivity index (χ0v) is 17.1. The van der Waals surface area contributed by atoms with Crippen LogP contribution < -0.4 is 10.6 Å². The average molecular weight is 444 g/mol. The molecule has 0 aromatic carbocycles. The van der Waals surface area contributed by atoms with Crippen molar-refractivity contribution in [3.8, 4) is 11.4 Å². The first-order valence-electron chi connectivity index (χ1n) is 9.66. The van der Waals surface area contributed by atoms with Crippen LogP contribution in [-0.2, 0) is 0 Å². The Morgan fingerprint density at radius 3 is 2.75 bits per heavy atom. The van der Waals surface area contributed by atoms with E-state index in [1.165, 1.54) is 12.4 Å². The second-order valence-electron chi connectivity index (χ2n) is 7.33. The fourth-order valence-corrected chi connectivity index (χ4v) is 2.93. The first-order chi connectivity index (χ1) is 15.2. The van der Waals surface area contributed by atoms with E-state index in [0.717, 1.165) is 5.39 Å². The van der Waals surface area contributed by atoms with Gasteiger partial charge in [0.05, 0.1) is 28.7 Å². The number of rotatable bonds is 6. The van der Waals surface area contributed by atoms with Crippen LogP contribution in [0.5, 0.6) is 0 Å². The van der Waals surface area contributed by atoms with Gasteiger partial charge in [0.1, 0.15) is 12.4 Å². The first-order valence-corrected chi connectivity index (χ1v) is 9.66. The van der Waals surface area contributed by atoms with Gasteiger partial charge in [0.15, 0.2) is 0 Å². The third-order valence-electron chi connectivity index (χ3n) is 4.52. The Labute approximate surface area is 180 Å². The third kappa shape index (κ3) is 4.85. The van der Waals surface area contributed by atoms with E-state index in [9.17, 15) is 18.0 Å². The lowest BCUT2D eigenvalue weighted by Gasteiger charge is -2.08. The van der Waals surface area contributed by atoms with Crippen LogP contribution in [0.4, 0.5) is 24.9 Å². The Morgan fingerprint density at radius 2 is 2.03 bits per heavy atom. The van der Waals surface area contributed by atoms with Crippen molar-refractivity contribution in [2.75, 3.05) is 17.2 Å². The lowest BCUT2D eigenvalue weighted by Crippen LogP contribution is -2.22. The predicted octanol–water partition coefficient (Wildman–Crippen LogP) is 4.02. The maximum atomic E-state index is 12.5. The number of hydrogen-bond acceptors (Lipinski definition) is 6. The molecule has 3 N–H and O–H groups in total. The fourth-order valence-electron chi connectivity index (χ4n) is 2.93. The van der Waals surface area contributed by atoms with Gasteiger partial charge < -0.3 is 15.6 Å². The number of pyridine rings is 1. The van der Waals surface area contributed by atoms with Gasteiger partial charge in [-0.3, -0.25) is 9.48 Å². The number of amides is 1. The maximum Gasteiger partial charge on any atom is 0.405 e. The summed E-state index contributed by atoms with van der Waals surface area (Å²) in [6, 6.07) is 5.13. The van der Waals surface area contributed by atoms with Crippen LogP contribution in [0.1, 0.15) is 30.2 Å². The van der Waals surface area contributed by atoms with Crippen LogP contribution in [0.25, 0.3) is 22.3 Å². The maximum absolute atomic E-state index is 12.5. The van der Waals surface area contributed by atoms with Gasteiger partial charge in [-0.05, 0) is 26.0 Å². The van der Waals surface area contributed by atoms with Crippen molar-refractivity contribution in [3.05, 3.63) is 48.5 Å². The van der Waals surface area contributed by atoms with Crippen LogP contribution in [-0.4, -0.2) is 48.3 Å². The van der Waals surface area contributed by atoms with Crippen LogP contribution in [0, 0.1) is 0 Å². The molecule has 0 bridgehead atoms. The smallest absolute Gasteiger partial charge is 0.353 e. The molecule has 0 fully saturated rings. The van der Waals surface area contributed by atoms with E-state index in [0.29, 0.717) is 28.3 Å². The Morgan fingerprint density at radius 1 is 1.22 bits per heavy atom. The van der Waals surface area contributed by atoms with E-state index in [4.69, 9.17) is 0 Å². The number of halogens is 3. The van der Waals surface area contributed by atoms with Gasteiger partial charge in [-0.25, -0.2) is 15.0 Å². The van der Waals surface area contributed by atoms with Crippen molar-refractivity contribution in [1.29, 1.82) is 0 Å². The summed E-state index contributed by atoms with van der Waals surface area (Å²) in [4.78, 5) is 27.8. The highest BCUT2D eigenvalue weighted by atomic mass is 19.4. The number of fused-ring (bicyclic) bond motifs is 1. The summed E-state index contributed by atoms with van der Waals surface area (Å²) in [5.41, 5.74) is 2.06. The molecule has 0 aliphatic rings. The molecule has 0 saturated heterocycles. The molecular formula is C20H19F3N8O. The number of hydrogen-bond donors (Lipinski definition) is 3. The number of carbonyl (C=O) groups excluding carboxylic acids is 1. The third-order valence-corrected chi connectivity index (χ3v) is 4.52. The van der Waals surface area contributed by atoms with Crippen molar-refractivity contribution in [2.24, 2.45) is 0 Å². The molecule has 0 aliphatic heterocycles. The minimum Gasteiger partial charge on any atom is -0.353 e. The molecule has 0 saturated carbocycles. The average Bonchev–Trinajstić information content (AvgIpc) is 3.39. The molecule has 166 valence electrons. The first kappa shape index (κ1) is 21.3. The van der Waals surface area contributed by atoms with Crippen molar-refractivity contribution in [2.45, 2.75) is 26.1 Å². The summed E-state index contributed by atoms with van der Waals surface area (Å²) >= 11 is 0. The van der Waals surface area contributed by atoms with E-state index >= 15 is 0 Å². The molecule has 9 nitrogen and oxygen atoms in total. The predicted molar refractivity (Wildman–Crippen MR) is 112 cm³/mol. The number of nitrogens with zero attached hydrogens (tertiary/aromatic N) is 5. The minimum absolute atomic E-state index is 0.133. The van der Waals surface area contributed by atoms with Crippen molar-refractivity contribution in [3.63, 3.8) is 0 Å². The standard InChI is InChI=1S/C20H19F3N8O/c1-11(2)31-9-13(8-27-31)18(32)30-17-6-15-12(7-25-17)5-16(28-15)14-3-4-24-19(29-14)26-10-20(21,22)23/h3-9,11,28H,10H2,1-2H3,(H,24,26,29)(H,25,30,32).